The zero-order chi connectivity index (χ0) is 8.10. The minimum atomic E-state index is 0. The number of hydrogen-bond acceptors (Lipinski definition) is 2. The van der Waals surface area contributed by atoms with Crippen molar-refractivity contribution in [2.45, 2.75) is 26.8 Å². The molecule has 0 aliphatic heterocycles. The highest BCUT2D eigenvalue weighted by molar-refractivity contribution is 5.85. The van der Waals surface area contributed by atoms with Gasteiger partial charge >= 0.3 is 0 Å². The Morgan fingerprint density at radius 3 is 2.75 bits per heavy atom. The van der Waals surface area contributed by atoms with Crippen molar-refractivity contribution in [2.75, 3.05) is 11.9 Å². The molecule has 0 amide bonds. The van der Waals surface area contributed by atoms with Gasteiger partial charge in [-0.25, -0.2) is 0 Å². The minimum absolute atomic E-state index is 0. The molecular weight excluding hydrogens is 174 g/mol. The topological polar surface area (TPSA) is 29.9 Å². The molecule has 1 rings (SSSR count). The van der Waals surface area contributed by atoms with Crippen LogP contribution in [-0.4, -0.2) is 16.3 Å². The van der Waals surface area contributed by atoms with Crippen molar-refractivity contribution in [2.24, 2.45) is 0 Å². The van der Waals surface area contributed by atoms with E-state index in [2.05, 4.69) is 24.3 Å². The molecule has 1 heterocycles. The molecule has 0 aromatic carbocycles. The van der Waals surface area contributed by atoms with Crippen LogP contribution < -0.4 is 5.32 Å². The van der Waals surface area contributed by atoms with Gasteiger partial charge in [0.1, 0.15) is 0 Å². The summed E-state index contributed by atoms with van der Waals surface area (Å²) in [6.07, 6.45) is 5.03. The molecule has 12 heavy (non-hydrogen) atoms. The zero-order valence-electron chi connectivity index (χ0n) is 7.58. The first kappa shape index (κ1) is 11.3. The maximum absolute atomic E-state index is 4.14. The normalized spacial score (nSPS) is 9.17. The highest BCUT2D eigenvalue weighted by Gasteiger charge is 1.93. The summed E-state index contributed by atoms with van der Waals surface area (Å²) < 4.78 is 1.91. The summed E-state index contributed by atoms with van der Waals surface area (Å²) in [4.78, 5) is 0. The van der Waals surface area contributed by atoms with Gasteiger partial charge in [0, 0.05) is 19.3 Å². The summed E-state index contributed by atoms with van der Waals surface area (Å²) in [5.74, 6) is 0. The summed E-state index contributed by atoms with van der Waals surface area (Å²) in [5, 5.41) is 7.41. The first-order chi connectivity index (χ1) is 5.36. The lowest BCUT2D eigenvalue weighted by atomic mass is 10.4. The Labute approximate surface area is 79.6 Å². The predicted molar refractivity (Wildman–Crippen MR) is 53.9 cm³/mol. The van der Waals surface area contributed by atoms with Crippen molar-refractivity contribution in [3.05, 3.63) is 12.4 Å². The minimum Gasteiger partial charge on any atom is -0.383 e. The van der Waals surface area contributed by atoms with Gasteiger partial charge in [0.2, 0.25) is 0 Å². The number of nitrogens with one attached hydrogen (secondary N) is 1. The fourth-order valence-corrected chi connectivity index (χ4v) is 0.897. The molecule has 0 spiro atoms. The summed E-state index contributed by atoms with van der Waals surface area (Å²) in [6.45, 7) is 6.19. The number of rotatable bonds is 4. The van der Waals surface area contributed by atoms with Crippen LogP contribution in [0.4, 0.5) is 5.69 Å². The first-order valence-electron chi connectivity index (χ1n) is 4.13. The number of nitrogens with zero attached hydrogens (tertiary/aromatic N) is 2. The lowest BCUT2D eigenvalue weighted by Crippen LogP contribution is -1.98. The van der Waals surface area contributed by atoms with Gasteiger partial charge in [0.05, 0.1) is 11.9 Å². The molecule has 1 aromatic heterocycles. The summed E-state index contributed by atoms with van der Waals surface area (Å²) in [6, 6.07) is 0. The Morgan fingerprint density at radius 1 is 1.50 bits per heavy atom. The maximum atomic E-state index is 4.14. The molecule has 0 atom stereocenters. The van der Waals surface area contributed by atoms with Crippen LogP contribution in [0.2, 0.25) is 0 Å². The van der Waals surface area contributed by atoms with Crippen LogP contribution in [0.15, 0.2) is 12.4 Å². The molecule has 4 heteroatoms. The van der Waals surface area contributed by atoms with E-state index >= 15 is 0 Å². The molecule has 0 aliphatic carbocycles. The van der Waals surface area contributed by atoms with E-state index in [1.54, 1.807) is 0 Å². The molecule has 0 bridgehead atoms. The zero-order valence-corrected chi connectivity index (χ0v) is 8.40. The molecule has 0 aliphatic rings. The third-order valence-electron chi connectivity index (χ3n) is 1.54. The van der Waals surface area contributed by atoms with E-state index in [0.29, 0.717) is 0 Å². The van der Waals surface area contributed by atoms with E-state index in [0.717, 1.165) is 25.2 Å². The first-order valence-corrected chi connectivity index (χ1v) is 4.13. The van der Waals surface area contributed by atoms with Crippen molar-refractivity contribution in [1.82, 2.24) is 9.78 Å². The summed E-state index contributed by atoms with van der Waals surface area (Å²) >= 11 is 0. The van der Waals surface area contributed by atoms with E-state index in [4.69, 9.17) is 0 Å². The van der Waals surface area contributed by atoms with Crippen LogP contribution in [0.25, 0.3) is 0 Å². The SMILES string of the molecule is CCCNc1cnn(CC)c1.Cl. The quantitative estimate of drug-likeness (QED) is 0.787. The van der Waals surface area contributed by atoms with Gasteiger partial charge in [0.15, 0.2) is 0 Å². The number of halogens is 1. The molecule has 0 fully saturated rings. The third-order valence-corrected chi connectivity index (χ3v) is 1.54. The Hall–Kier alpha value is -0.700. The van der Waals surface area contributed by atoms with Crippen LogP contribution in [0.3, 0.4) is 0 Å². The highest BCUT2D eigenvalue weighted by Crippen LogP contribution is 2.03. The number of aromatic nitrogens is 2. The van der Waals surface area contributed by atoms with E-state index in [1.165, 1.54) is 0 Å². The monoisotopic (exact) mass is 189 g/mol. The van der Waals surface area contributed by atoms with Gasteiger partial charge in [-0.3, -0.25) is 4.68 Å². The van der Waals surface area contributed by atoms with Gasteiger partial charge < -0.3 is 5.32 Å². The van der Waals surface area contributed by atoms with E-state index in [1.807, 2.05) is 17.1 Å². The molecule has 0 radical (unpaired) electrons. The van der Waals surface area contributed by atoms with Crippen molar-refractivity contribution in [1.29, 1.82) is 0 Å². The molecule has 0 saturated carbocycles. The molecular formula is C8H16ClN3. The van der Waals surface area contributed by atoms with Crippen molar-refractivity contribution >= 4 is 18.1 Å². The van der Waals surface area contributed by atoms with Gasteiger partial charge in [0.25, 0.3) is 0 Å². The van der Waals surface area contributed by atoms with Crippen LogP contribution in [-0.2, 0) is 6.54 Å². The lowest BCUT2D eigenvalue weighted by Gasteiger charge is -1.97. The number of aryl methyl sites for hydroxylation is 1. The van der Waals surface area contributed by atoms with Crippen LogP contribution in [0.1, 0.15) is 20.3 Å². The number of hydrogen-bond donors (Lipinski definition) is 1. The fourth-order valence-electron chi connectivity index (χ4n) is 0.897. The fraction of sp³-hybridized carbons (Fsp3) is 0.625. The summed E-state index contributed by atoms with van der Waals surface area (Å²) in [7, 11) is 0. The molecule has 1 aromatic rings. The van der Waals surface area contributed by atoms with Gasteiger partial charge in [-0.2, -0.15) is 5.10 Å². The molecule has 3 nitrogen and oxygen atoms in total. The standard InChI is InChI=1S/C8H15N3.ClH/c1-3-5-9-8-6-10-11(4-2)7-8;/h6-7,9H,3-5H2,1-2H3;1H. The third kappa shape index (κ3) is 3.13. The Bertz CT molecular complexity index is 210. The molecule has 70 valence electrons. The summed E-state index contributed by atoms with van der Waals surface area (Å²) in [5.41, 5.74) is 1.12. The number of anilines is 1. The van der Waals surface area contributed by atoms with Crippen molar-refractivity contribution < 1.29 is 0 Å². The molecule has 1 N–H and O–H groups in total. The average molecular weight is 190 g/mol. The second-order valence-electron chi connectivity index (χ2n) is 2.51. The van der Waals surface area contributed by atoms with Gasteiger partial charge in [-0.15, -0.1) is 12.4 Å². The van der Waals surface area contributed by atoms with Gasteiger partial charge in [-0.05, 0) is 13.3 Å². The van der Waals surface area contributed by atoms with Crippen LogP contribution >= 0.6 is 12.4 Å². The predicted octanol–water partition coefficient (Wildman–Crippen LogP) is 2.15. The van der Waals surface area contributed by atoms with E-state index in [9.17, 15) is 0 Å². The largest absolute Gasteiger partial charge is 0.383 e. The Kier molecular flexibility index (Phi) is 5.54. The second-order valence-corrected chi connectivity index (χ2v) is 2.51. The van der Waals surface area contributed by atoms with E-state index in [-0.39, 0.29) is 12.4 Å². The van der Waals surface area contributed by atoms with Crippen LogP contribution in [0.5, 0.6) is 0 Å². The van der Waals surface area contributed by atoms with Gasteiger partial charge in [-0.1, -0.05) is 6.92 Å². The smallest absolute Gasteiger partial charge is 0.0726 e. The second kappa shape index (κ2) is 5.89. The highest BCUT2D eigenvalue weighted by atomic mass is 35.5. The average Bonchev–Trinajstić information content (AvgIpc) is 2.48. The Balaban J connectivity index is 0.00000121. The van der Waals surface area contributed by atoms with E-state index < -0.39 is 0 Å². The van der Waals surface area contributed by atoms with Crippen LogP contribution in [0, 0.1) is 0 Å². The van der Waals surface area contributed by atoms with Crippen molar-refractivity contribution in [3.8, 4) is 0 Å². The maximum Gasteiger partial charge on any atom is 0.0726 e. The Morgan fingerprint density at radius 2 is 2.25 bits per heavy atom. The molecule has 0 unspecified atom stereocenters. The molecule has 0 saturated heterocycles. The van der Waals surface area contributed by atoms with Crippen molar-refractivity contribution in [3.63, 3.8) is 0 Å². The lowest BCUT2D eigenvalue weighted by molar-refractivity contribution is 0.660.